The molecule has 0 unspecified atom stereocenters. The second kappa shape index (κ2) is 6.83. The molecule has 9 heteroatoms. The SMILES string of the molecule is Cc1cc(CN2CCN(C(=O)NCc3nnc4n3CCC4)CC2)on1. The number of rotatable bonds is 4. The Balaban J connectivity index is 1.24. The lowest BCUT2D eigenvalue weighted by molar-refractivity contribution is 0.127. The minimum atomic E-state index is -0.0366. The van der Waals surface area contributed by atoms with Crippen LogP contribution in [0, 0.1) is 6.92 Å². The van der Waals surface area contributed by atoms with E-state index in [1.807, 2.05) is 17.9 Å². The minimum Gasteiger partial charge on any atom is -0.360 e. The maximum atomic E-state index is 12.4. The molecule has 9 nitrogen and oxygen atoms in total. The molecule has 134 valence electrons. The topological polar surface area (TPSA) is 92.3 Å². The maximum Gasteiger partial charge on any atom is 0.317 e. The Bertz CT molecular complexity index is 746. The smallest absolute Gasteiger partial charge is 0.317 e. The van der Waals surface area contributed by atoms with Crippen molar-refractivity contribution >= 4 is 6.03 Å². The summed E-state index contributed by atoms with van der Waals surface area (Å²) in [6, 6.07) is 1.92. The number of fused-ring (bicyclic) bond motifs is 1. The molecule has 2 aromatic heterocycles. The highest BCUT2D eigenvalue weighted by Gasteiger charge is 2.23. The summed E-state index contributed by atoms with van der Waals surface area (Å²) in [5.41, 5.74) is 0.896. The molecule has 4 heterocycles. The Labute approximate surface area is 146 Å². The van der Waals surface area contributed by atoms with Crippen molar-refractivity contribution in [3.05, 3.63) is 29.2 Å². The van der Waals surface area contributed by atoms with E-state index in [0.29, 0.717) is 19.6 Å². The molecule has 2 amide bonds. The molecule has 1 N–H and O–H groups in total. The first kappa shape index (κ1) is 16.1. The van der Waals surface area contributed by atoms with Crippen molar-refractivity contribution in [2.75, 3.05) is 26.2 Å². The molecular weight excluding hydrogens is 322 g/mol. The second-order valence-electron chi connectivity index (χ2n) is 6.64. The van der Waals surface area contributed by atoms with Gasteiger partial charge in [-0.15, -0.1) is 10.2 Å². The van der Waals surface area contributed by atoms with Crippen molar-refractivity contribution in [3.8, 4) is 0 Å². The second-order valence-corrected chi connectivity index (χ2v) is 6.64. The van der Waals surface area contributed by atoms with Gasteiger partial charge in [-0.25, -0.2) is 4.79 Å². The molecule has 0 aliphatic carbocycles. The number of nitrogens with one attached hydrogen (secondary N) is 1. The lowest BCUT2D eigenvalue weighted by Gasteiger charge is -2.34. The summed E-state index contributed by atoms with van der Waals surface area (Å²) >= 11 is 0. The summed E-state index contributed by atoms with van der Waals surface area (Å²) in [4.78, 5) is 16.5. The van der Waals surface area contributed by atoms with E-state index < -0.39 is 0 Å². The standard InChI is InChI=1S/C16H23N7O2/c1-12-9-13(25-20-12)11-21-5-7-22(8-6-21)16(24)17-10-15-19-18-14-3-2-4-23(14)15/h9H,2-8,10-11H2,1H3,(H,17,24). The molecule has 0 atom stereocenters. The molecule has 0 saturated carbocycles. The highest BCUT2D eigenvalue weighted by Crippen LogP contribution is 2.14. The Hall–Kier alpha value is -2.42. The zero-order valence-corrected chi connectivity index (χ0v) is 14.4. The molecular formula is C16H23N7O2. The summed E-state index contributed by atoms with van der Waals surface area (Å²) in [5, 5.41) is 15.2. The van der Waals surface area contributed by atoms with Crippen LogP contribution in [-0.2, 0) is 26.1 Å². The normalized spacial score (nSPS) is 17.7. The first-order chi connectivity index (χ1) is 12.2. The Kier molecular flexibility index (Phi) is 4.39. The average Bonchev–Trinajstić information content (AvgIpc) is 3.31. The molecule has 2 aliphatic heterocycles. The number of nitrogens with zero attached hydrogens (tertiary/aromatic N) is 6. The van der Waals surface area contributed by atoms with E-state index in [1.165, 1.54) is 0 Å². The first-order valence-corrected chi connectivity index (χ1v) is 8.77. The minimum absolute atomic E-state index is 0.0366. The Morgan fingerprint density at radius 1 is 1.24 bits per heavy atom. The Morgan fingerprint density at radius 3 is 2.84 bits per heavy atom. The Morgan fingerprint density at radius 2 is 2.08 bits per heavy atom. The van der Waals surface area contributed by atoms with Crippen LogP contribution in [0.3, 0.4) is 0 Å². The van der Waals surface area contributed by atoms with Gasteiger partial charge in [-0.05, 0) is 13.3 Å². The molecule has 4 rings (SSSR count). The van der Waals surface area contributed by atoms with E-state index in [4.69, 9.17) is 4.52 Å². The van der Waals surface area contributed by atoms with Gasteiger partial charge in [0.15, 0.2) is 11.6 Å². The van der Waals surface area contributed by atoms with E-state index in [2.05, 4.69) is 30.1 Å². The van der Waals surface area contributed by atoms with Crippen molar-refractivity contribution in [2.45, 2.75) is 39.4 Å². The first-order valence-electron chi connectivity index (χ1n) is 8.77. The van der Waals surface area contributed by atoms with Gasteiger partial charge in [0.05, 0.1) is 18.8 Å². The third-order valence-corrected chi connectivity index (χ3v) is 4.80. The number of hydrogen-bond donors (Lipinski definition) is 1. The van der Waals surface area contributed by atoms with E-state index in [1.54, 1.807) is 0 Å². The fourth-order valence-corrected chi connectivity index (χ4v) is 3.43. The summed E-state index contributed by atoms with van der Waals surface area (Å²) < 4.78 is 7.37. The van der Waals surface area contributed by atoms with Gasteiger partial charge in [0.2, 0.25) is 0 Å². The fourth-order valence-electron chi connectivity index (χ4n) is 3.43. The number of hydrogen-bond acceptors (Lipinski definition) is 6. The van der Waals surface area contributed by atoms with E-state index in [-0.39, 0.29) is 6.03 Å². The number of aryl methyl sites for hydroxylation is 2. The van der Waals surface area contributed by atoms with Crippen LogP contribution in [0.2, 0.25) is 0 Å². The van der Waals surface area contributed by atoms with E-state index in [9.17, 15) is 4.79 Å². The predicted octanol–water partition coefficient (Wildman–Crippen LogP) is 0.548. The summed E-state index contributed by atoms with van der Waals surface area (Å²) in [6.07, 6.45) is 2.09. The molecule has 2 aromatic rings. The van der Waals surface area contributed by atoms with Crippen molar-refractivity contribution < 1.29 is 9.32 Å². The highest BCUT2D eigenvalue weighted by atomic mass is 16.5. The van der Waals surface area contributed by atoms with Gasteiger partial charge < -0.3 is 19.3 Å². The maximum absolute atomic E-state index is 12.4. The van der Waals surface area contributed by atoms with Gasteiger partial charge in [-0.1, -0.05) is 5.16 Å². The van der Waals surface area contributed by atoms with Gasteiger partial charge in [0.1, 0.15) is 5.82 Å². The molecule has 0 aromatic carbocycles. The largest absolute Gasteiger partial charge is 0.360 e. The molecule has 1 saturated heterocycles. The van der Waals surface area contributed by atoms with Gasteiger partial charge in [0.25, 0.3) is 0 Å². The highest BCUT2D eigenvalue weighted by molar-refractivity contribution is 5.74. The quantitative estimate of drug-likeness (QED) is 0.870. The fraction of sp³-hybridized carbons (Fsp3) is 0.625. The molecule has 25 heavy (non-hydrogen) atoms. The molecule has 0 radical (unpaired) electrons. The van der Waals surface area contributed by atoms with Crippen LogP contribution in [0.25, 0.3) is 0 Å². The van der Waals surface area contributed by atoms with E-state index >= 15 is 0 Å². The predicted molar refractivity (Wildman–Crippen MR) is 88.7 cm³/mol. The molecule has 0 bridgehead atoms. The lowest BCUT2D eigenvalue weighted by atomic mass is 10.3. The van der Waals surface area contributed by atoms with Gasteiger partial charge in [-0.3, -0.25) is 4.90 Å². The average molecular weight is 345 g/mol. The third-order valence-electron chi connectivity index (χ3n) is 4.80. The lowest BCUT2D eigenvalue weighted by Crippen LogP contribution is -2.51. The number of carbonyl (C=O) groups excluding carboxylic acids is 1. The number of carbonyl (C=O) groups is 1. The molecule has 1 fully saturated rings. The van der Waals surface area contributed by atoms with Crippen molar-refractivity contribution in [3.63, 3.8) is 0 Å². The summed E-state index contributed by atoms with van der Waals surface area (Å²) in [7, 11) is 0. The van der Waals surface area contributed by atoms with Crippen LogP contribution in [0.15, 0.2) is 10.6 Å². The third kappa shape index (κ3) is 3.51. The number of amides is 2. The monoisotopic (exact) mass is 345 g/mol. The van der Waals surface area contributed by atoms with Gasteiger partial charge >= 0.3 is 6.03 Å². The van der Waals surface area contributed by atoms with E-state index in [0.717, 1.165) is 62.1 Å². The van der Waals surface area contributed by atoms with Crippen LogP contribution in [0.4, 0.5) is 4.79 Å². The zero-order chi connectivity index (χ0) is 17.2. The molecule has 2 aliphatic rings. The van der Waals surface area contributed by atoms with Crippen LogP contribution >= 0.6 is 0 Å². The zero-order valence-electron chi connectivity index (χ0n) is 14.4. The van der Waals surface area contributed by atoms with Crippen molar-refractivity contribution in [1.82, 2.24) is 35.0 Å². The summed E-state index contributed by atoms with van der Waals surface area (Å²) in [5.74, 6) is 2.75. The number of piperazine rings is 1. The molecule has 0 spiro atoms. The number of urea groups is 1. The van der Waals surface area contributed by atoms with Crippen LogP contribution in [0.1, 0.15) is 29.5 Å². The van der Waals surface area contributed by atoms with Crippen molar-refractivity contribution in [1.29, 1.82) is 0 Å². The van der Waals surface area contributed by atoms with Crippen LogP contribution in [0.5, 0.6) is 0 Å². The van der Waals surface area contributed by atoms with Gasteiger partial charge in [-0.2, -0.15) is 0 Å². The van der Waals surface area contributed by atoms with Crippen LogP contribution < -0.4 is 5.32 Å². The van der Waals surface area contributed by atoms with Gasteiger partial charge in [0, 0.05) is 45.2 Å². The summed E-state index contributed by atoms with van der Waals surface area (Å²) in [6.45, 7) is 7.10. The number of aromatic nitrogens is 4. The van der Waals surface area contributed by atoms with Crippen molar-refractivity contribution in [2.24, 2.45) is 0 Å². The van der Waals surface area contributed by atoms with Crippen LogP contribution in [-0.4, -0.2) is 61.9 Å².